The van der Waals surface area contributed by atoms with Gasteiger partial charge in [0.2, 0.25) is 0 Å². The molecule has 1 aromatic heterocycles. The van der Waals surface area contributed by atoms with Crippen molar-refractivity contribution in [3.05, 3.63) is 28.3 Å². The summed E-state index contributed by atoms with van der Waals surface area (Å²) in [4.78, 5) is 14.2. The average Bonchev–Trinajstić information content (AvgIpc) is 2.56. The molecule has 2 aromatic rings. The summed E-state index contributed by atoms with van der Waals surface area (Å²) >= 11 is 0. The molecule has 84 valence electrons. The van der Waals surface area contributed by atoms with Crippen molar-refractivity contribution in [2.45, 2.75) is 19.9 Å². The molecular weight excluding hydrogens is 210 g/mol. The highest BCUT2D eigenvalue weighted by atomic mass is 16.6. The van der Waals surface area contributed by atoms with E-state index in [0.29, 0.717) is 17.1 Å². The van der Waals surface area contributed by atoms with Gasteiger partial charge >= 0.3 is 0 Å². The standard InChI is InChI=1S/C10H11N3O3/c1-6(2)11-10-12-8-5-7(13(14)15)3-4-9(8)16-10/h3-6H,1-2H3,(H,11,12). The molecule has 0 saturated heterocycles. The van der Waals surface area contributed by atoms with Gasteiger partial charge in [-0.25, -0.2) is 0 Å². The lowest BCUT2D eigenvalue weighted by atomic mass is 10.3. The molecule has 0 bridgehead atoms. The van der Waals surface area contributed by atoms with Crippen LogP contribution >= 0.6 is 0 Å². The van der Waals surface area contributed by atoms with Crippen molar-refractivity contribution in [2.75, 3.05) is 5.32 Å². The molecule has 0 fully saturated rings. The fourth-order valence-electron chi connectivity index (χ4n) is 1.34. The number of aromatic nitrogens is 1. The van der Waals surface area contributed by atoms with E-state index in [1.807, 2.05) is 13.8 Å². The molecule has 16 heavy (non-hydrogen) atoms. The van der Waals surface area contributed by atoms with Crippen LogP contribution in [0.25, 0.3) is 11.1 Å². The second kappa shape index (κ2) is 3.80. The number of fused-ring (bicyclic) bond motifs is 1. The van der Waals surface area contributed by atoms with Crippen LogP contribution in [0, 0.1) is 10.1 Å². The van der Waals surface area contributed by atoms with Gasteiger partial charge in [-0.1, -0.05) is 0 Å². The number of anilines is 1. The molecule has 6 nitrogen and oxygen atoms in total. The molecule has 1 heterocycles. The molecule has 1 N–H and O–H groups in total. The van der Waals surface area contributed by atoms with Crippen LogP contribution in [0.5, 0.6) is 0 Å². The van der Waals surface area contributed by atoms with Crippen LogP contribution in [0.1, 0.15) is 13.8 Å². The summed E-state index contributed by atoms with van der Waals surface area (Å²) < 4.78 is 5.37. The summed E-state index contributed by atoms with van der Waals surface area (Å²) in [6.07, 6.45) is 0. The largest absolute Gasteiger partial charge is 0.424 e. The Morgan fingerprint density at radius 3 is 2.88 bits per heavy atom. The van der Waals surface area contributed by atoms with E-state index in [9.17, 15) is 10.1 Å². The fourth-order valence-corrected chi connectivity index (χ4v) is 1.34. The normalized spacial score (nSPS) is 10.9. The molecular formula is C10H11N3O3. The Morgan fingerprint density at radius 2 is 2.25 bits per heavy atom. The van der Waals surface area contributed by atoms with Crippen LogP contribution in [0.4, 0.5) is 11.7 Å². The lowest BCUT2D eigenvalue weighted by Gasteiger charge is -2.02. The zero-order valence-corrected chi connectivity index (χ0v) is 8.93. The maximum Gasteiger partial charge on any atom is 0.295 e. The SMILES string of the molecule is CC(C)Nc1nc2cc([N+](=O)[O-])ccc2o1. The number of nitrogens with one attached hydrogen (secondary N) is 1. The van der Waals surface area contributed by atoms with E-state index in [1.54, 1.807) is 6.07 Å². The van der Waals surface area contributed by atoms with E-state index in [4.69, 9.17) is 4.42 Å². The molecule has 0 saturated carbocycles. The number of hydrogen-bond donors (Lipinski definition) is 1. The Balaban J connectivity index is 2.42. The molecule has 0 spiro atoms. The van der Waals surface area contributed by atoms with Gasteiger partial charge in [0.1, 0.15) is 5.52 Å². The van der Waals surface area contributed by atoms with Crippen LogP contribution in [0.2, 0.25) is 0 Å². The van der Waals surface area contributed by atoms with Crippen molar-refractivity contribution in [3.63, 3.8) is 0 Å². The smallest absolute Gasteiger partial charge is 0.295 e. The van der Waals surface area contributed by atoms with Crippen molar-refractivity contribution in [1.82, 2.24) is 4.98 Å². The molecule has 0 amide bonds. The van der Waals surface area contributed by atoms with Crippen molar-refractivity contribution < 1.29 is 9.34 Å². The van der Waals surface area contributed by atoms with Gasteiger partial charge in [0, 0.05) is 18.2 Å². The summed E-state index contributed by atoms with van der Waals surface area (Å²) in [7, 11) is 0. The van der Waals surface area contributed by atoms with Gasteiger partial charge in [-0.3, -0.25) is 10.1 Å². The summed E-state index contributed by atoms with van der Waals surface area (Å²) in [5.74, 6) is 0. The molecule has 0 unspecified atom stereocenters. The van der Waals surface area contributed by atoms with Crippen molar-refractivity contribution >= 4 is 22.8 Å². The molecule has 0 atom stereocenters. The molecule has 0 aliphatic carbocycles. The second-order valence-corrected chi connectivity index (χ2v) is 3.73. The highest BCUT2D eigenvalue weighted by Gasteiger charge is 2.11. The Bertz CT molecular complexity index is 533. The summed E-state index contributed by atoms with van der Waals surface area (Å²) in [5.41, 5.74) is 1.03. The van der Waals surface area contributed by atoms with Crippen LogP contribution < -0.4 is 5.32 Å². The third-order valence-corrected chi connectivity index (χ3v) is 1.99. The molecule has 0 aliphatic rings. The lowest BCUT2D eigenvalue weighted by Crippen LogP contribution is -2.09. The fraction of sp³-hybridized carbons (Fsp3) is 0.300. The first-order valence-corrected chi connectivity index (χ1v) is 4.88. The molecule has 2 rings (SSSR count). The van der Waals surface area contributed by atoms with Gasteiger partial charge < -0.3 is 9.73 Å². The number of rotatable bonds is 3. The minimum absolute atomic E-state index is 0.0110. The number of nitro groups is 1. The highest BCUT2D eigenvalue weighted by Crippen LogP contribution is 2.23. The number of nitro benzene ring substituents is 1. The van der Waals surface area contributed by atoms with Gasteiger partial charge in [0.05, 0.1) is 4.92 Å². The van der Waals surface area contributed by atoms with Crippen molar-refractivity contribution in [2.24, 2.45) is 0 Å². The zero-order chi connectivity index (χ0) is 11.7. The number of non-ortho nitro benzene ring substituents is 1. The Hall–Kier alpha value is -2.11. The third-order valence-electron chi connectivity index (χ3n) is 1.99. The summed E-state index contributed by atoms with van der Waals surface area (Å²) in [6, 6.07) is 4.91. The van der Waals surface area contributed by atoms with Gasteiger partial charge in [-0.05, 0) is 19.9 Å². The maximum absolute atomic E-state index is 10.6. The van der Waals surface area contributed by atoms with Gasteiger partial charge in [0.15, 0.2) is 5.58 Å². The van der Waals surface area contributed by atoms with Crippen molar-refractivity contribution in [3.8, 4) is 0 Å². The first-order valence-electron chi connectivity index (χ1n) is 4.88. The van der Waals surface area contributed by atoms with E-state index < -0.39 is 4.92 Å². The molecule has 0 aliphatic heterocycles. The maximum atomic E-state index is 10.6. The van der Waals surface area contributed by atoms with Crippen LogP contribution in [0.3, 0.4) is 0 Å². The summed E-state index contributed by atoms with van der Waals surface area (Å²) in [5, 5.41) is 13.6. The summed E-state index contributed by atoms with van der Waals surface area (Å²) in [6.45, 7) is 3.91. The Labute approximate surface area is 91.4 Å². The zero-order valence-electron chi connectivity index (χ0n) is 8.93. The predicted molar refractivity (Wildman–Crippen MR) is 59.4 cm³/mol. The number of nitrogens with zero attached hydrogens (tertiary/aromatic N) is 2. The van der Waals surface area contributed by atoms with Crippen LogP contribution in [-0.2, 0) is 0 Å². The average molecular weight is 221 g/mol. The predicted octanol–water partition coefficient (Wildman–Crippen LogP) is 2.56. The molecule has 0 radical (unpaired) electrons. The van der Waals surface area contributed by atoms with E-state index >= 15 is 0 Å². The van der Waals surface area contributed by atoms with Gasteiger partial charge in [-0.15, -0.1) is 0 Å². The quantitative estimate of drug-likeness (QED) is 0.636. The Kier molecular flexibility index (Phi) is 2.47. The minimum atomic E-state index is -0.455. The monoisotopic (exact) mass is 221 g/mol. The van der Waals surface area contributed by atoms with Crippen LogP contribution in [-0.4, -0.2) is 15.9 Å². The van der Waals surface area contributed by atoms with E-state index in [-0.39, 0.29) is 11.7 Å². The number of benzene rings is 1. The Morgan fingerprint density at radius 1 is 1.50 bits per heavy atom. The second-order valence-electron chi connectivity index (χ2n) is 3.73. The number of hydrogen-bond acceptors (Lipinski definition) is 5. The van der Waals surface area contributed by atoms with Crippen LogP contribution in [0.15, 0.2) is 22.6 Å². The minimum Gasteiger partial charge on any atom is -0.424 e. The third kappa shape index (κ3) is 1.95. The van der Waals surface area contributed by atoms with Gasteiger partial charge in [-0.2, -0.15) is 4.98 Å². The highest BCUT2D eigenvalue weighted by molar-refractivity contribution is 5.77. The van der Waals surface area contributed by atoms with Gasteiger partial charge in [0.25, 0.3) is 11.7 Å². The number of oxazole rings is 1. The lowest BCUT2D eigenvalue weighted by molar-refractivity contribution is -0.384. The van der Waals surface area contributed by atoms with E-state index in [1.165, 1.54) is 12.1 Å². The van der Waals surface area contributed by atoms with E-state index in [0.717, 1.165) is 0 Å². The topological polar surface area (TPSA) is 81.2 Å². The molecule has 6 heteroatoms. The molecule has 1 aromatic carbocycles. The van der Waals surface area contributed by atoms with Crippen molar-refractivity contribution in [1.29, 1.82) is 0 Å². The first-order chi connectivity index (χ1) is 7.56. The first kappa shape index (κ1) is 10.4. The van der Waals surface area contributed by atoms with E-state index in [2.05, 4.69) is 10.3 Å².